The van der Waals surface area contributed by atoms with Crippen molar-refractivity contribution in [3.05, 3.63) is 164 Å². The molecule has 231 valence electrons. The number of pyridine rings is 2. The fourth-order valence-electron chi connectivity index (χ4n) is 3.91. The molecule has 2 heterocycles. The fourth-order valence-corrected chi connectivity index (χ4v) is 6.27. The molecule has 1 radical (unpaired) electrons. The molecule has 0 saturated carbocycles. The van der Waals surface area contributed by atoms with Gasteiger partial charge in [-0.1, -0.05) is 115 Å². The van der Waals surface area contributed by atoms with Gasteiger partial charge in [-0.3, -0.25) is 15.4 Å². The molecule has 0 aliphatic heterocycles. The quantitative estimate of drug-likeness (QED) is 0.0338. The Kier molecular flexibility index (Phi) is 18.0. The molecule has 2 aromatic heterocycles. The third-order valence-corrected chi connectivity index (χ3v) is 8.61. The molecule has 0 aliphatic carbocycles. The maximum absolute atomic E-state index is 9.69. The van der Waals surface area contributed by atoms with Gasteiger partial charge in [0.05, 0.1) is 11.9 Å². The van der Waals surface area contributed by atoms with E-state index in [4.69, 9.17) is 17.3 Å². The number of aromatic hydroxyl groups is 1. The summed E-state index contributed by atoms with van der Waals surface area (Å²) in [5.41, 5.74) is 3.74. The Bertz CT molecular complexity index is 1660. The summed E-state index contributed by atoms with van der Waals surface area (Å²) in [6.45, 7) is 4.50. The van der Waals surface area contributed by atoms with Crippen LogP contribution in [0.1, 0.15) is 5.69 Å². The number of aliphatic imine (C=N–C) groups is 1. The standard InChI is InChI=1S/C18H15P.C12H12N4OS.C5H5N.CO.Ru/c1-4-10-16(11-5-1)19(17-12-6-2-7-13-17)18-14-8-3-9-15-18;1-13-12(18)16-14-7-9-6-5-8-3-2-4-10(17)11(8)15-9;1-2-4-6-5-3-1;1-2;/h1-15H;2-7,17H,1H3,(H2,13,16,18);1-5H;;/q;;;;+1/p-1/b;14-7+;;;. The third-order valence-electron chi connectivity index (χ3n) is 5.89. The van der Waals surface area contributed by atoms with Crippen molar-refractivity contribution in [3.8, 4) is 5.75 Å². The molecular formula is C36H31N5O2PRuS. The second kappa shape index (κ2) is 22.0. The van der Waals surface area contributed by atoms with Crippen molar-refractivity contribution in [2.24, 2.45) is 10.1 Å². The number of phenolic OH excluding ortho intramolecular Hbond substituents is 1. The summed E-state index contributed by atoms with van der Waals surface area (Å²) >= 11 is 4.82. The van der Waals surface area contributed by atoms with E-state index in [1.165, 1.54) is 22.1 Å². The van der Waals surface area contributed by atoms with Crippen LogP contribution in [0.4, 0.5) is 0 Å². The van der Waals surface area contributed by atoms with Crippen LogP contribution in [0.2, 0.25) is 0 Å². The number of aromatic nitrogens is 2. The number of amidine groups is 1. The second-order valence-electron chi connectivity index (χ2n) is 8.85. The molecule has 0 saturated heterocycles. The van der Waals surface area contributed by atoms with Gasteiger partial charge in [0, 0.05) is 24.8 Å². The third kappa shape index (κ3) is 12.4. The molecule has 0 aliphatic rings. The molecule has 0 atom stereocenters. The number of rotatable bonds is 5. The maximum Gasteiger partial charge on any atom is 1.00 e. The van der Waals surface area contributed by atoms with Crippen LogP contribution in [0.25, 0.3) is 10.9 Å². The molecule has 0 fully saturated rings. The minimum Gasteiger partial charge on any atom is -0.265 e. The molecule has 0 bridgehead atoms. The number of phenols is 1. The molecule has 6 rings (SSSR count). The number of benzene rings is 4. The van der Waals surface area contributed by atoms with Crippen molar-refractivity contribution in [3.63, 3.8) is 0 Å². The first kappa shape index (κ1) is 37.6. The number of hydrazone groups is 1. The molecule has 0 unspecified atom stereocenters. The van der Waals surface area contributed by atoms with Crippen LogP contribution >= 0.6 is 7.92 Å². The van der Waals surface area contributed by atoms with Crippen molar-refractivity contribution < 1.29 is 29.2 Å². The van der Waals surface area contributed by atoms with E-state index >= 15 is 0 Å². The summed E-state index contributed by atoms with van der Waals surface area (Å²) in [5, 5.41) is 19.0. The topological polar surface area (TPSA) is 103 Å². The zero-order valence-electron chi connectivity index (χ0n) is 24.9. The molecule has 0 spiro atoms. The monoisotopic (exact) mass is 730 g/mol. The van der Waals surface area contributed by atoms with Gasteiger partial charge in [0.2, 0.25) is 0 Å². The smallest absolute Gasteiger partial charge is 0.265 e. The van der Waals surface area contributed by atoms with Gasteiger partial charge in [0.15, 0.2) is 0 Å². The van der Waals surface area contributed by atoms with Gasteiger partial charge in [-0.05, 0) is 53.3 Å². The van der Waals surface area contributed by atoms with Crippen LogP contribution in [-0.4, -0.2) is 33.5 Å². The molecule has 7 nitrogen and oxygen atoms in total. The zero-order valence-corrected chi connectivity index (χ0v) is 28.3. The number of nitrogens with zero attached hydrogens (tertiary/aromatic N) is 4. The number of hydrogen-bond acceptors (Lipinski definition) is 6. The summed E-state index contributed by atoms with van der Waals surface area (Å²) in [5.74, 6) is 0.148. The summed E-state index contributed by atoms with van der Waals surface area (Å²) in [6.07, 6.45) is 5.02. The first-order valence-electron chi connectivity index (χ1n) is 13.7. The summed E-state index contributed by atoms with van der Waals surface area (Å²) in [6, 6.07) is 47.0. The largest absolute Gasteiger partial charge is 1.00 e. The van der Waals surface area contributed by atoms with E-state index in [2.05, 4.69) is 123 Å². The predicted molar refractivity (Wildman–Crippen MR) is 188 cm³/mol. The van der Waals surface area contributed by atoms with Crippen LogP contribution in [0.5, 0.6) is 5.75 Å². The Balaban J connectivity index is 0.000000255. The van der Waals surface area contributed by atoms with E-state index < -0.39 is 7.92 Å². The van der Waals surface area contributed by atoms with Crippen molar-refractivity contribution in [2.75, 3.05) is 7.05 Å². The number of para-hydroxylation sites is 1. The molecular weight excluding hydrogens is 699 g/mol. The predicted octanol–water partition coefficient (Wildman–Crippen LogP) is 5.88. The van der Waals surface area contributed by atoms with Crippen molar-refractivity contribution in [2.45, 2.75) is 0 Å². The Morgan fingerprint density at radius 1 is 0.739 bits per heavy atom. The molecule has 10 heteroatoms. The summed E-state index contributed by atoms with van der Waals surface area (Å²) in [4.78, 5) is 11.8. The van der Waals surface area contributed by atoms with Crippen molar-refractivity contribution in [1.29, 1.82) is 0 Å². The van der Waals surface area contributed by atoms with Gasteiger partial charge in [-0.15, -0.1) is 0 Å². The molecule has 46 heavy (non-hydrogen) atoms. The van der Waals surface area contributed by atoms with E-state index in [1.807, 2.05) is 30.3 Å². The molecule has 4 aromatic carbocycles. The van der Waals surface area contributed by atoms with E-state index in [-0.39, 0.29) is 25.2 Å². The zero-order chi connectivity index (χ0) is 32.1. The Morgan fingerprint density at radius 3 is 1.67 bits per heavy atom. The van der Waals surface area contributed by atoms with Gasteiger partial charge in [0.1, 0.15) is 11.3 Å². The summed E-state index contributed by atoms with van der Waals surface area (Å²) in [7, 11) is 1.13. The average Bonchev–Trinajstić information content (AvgIpc) is 3.12. The van der Waals surface area contributed by atoms with Crippen molar-refractivity contribution in [1.82, 2.24) is 15.4 Å². The van der Waals surface area contributed by atoms with Crippen molar-refractivity contribution >= 4 is 58.7 Å². The molecule has 0 amide bonds. The van der Waals surface area contributed by atoms with E-state index in [0.717, 1.165) is 5.39 Å². The molecule has 6 aromatic rings. The SMILES string of the molecule is CN=C([S-])N/N=C/c1ccc2cccc(O)c2n1.[C-]#[O+].[Ru+].c1ccc(P(c2ccccc2)c2ccccc2)cc1.c1ccncc1. The van der Waals surface area contributed by atoms with Crippen LogP contribution in [0.3, 0.4) is 0 Å². The van der Waals surface area contributed by atoms with E-state index in [0.29, 0.717) is 16.4 Å². The van der Waals surface area contributed by atoms with E-state index in [9.17, 15) is 5.11 Å². The Morgan fingerprint density at radius 2 is 1.24 bits per heavy atom. The molecule has 2 N–H and O–H groups in total. The Labute approximate surface area is 289 Å². The number of nitrogens with one attached hydrogen (secondary N) is 1. The fraction of sp³-hybridized carbons (Fsp3) is 0.0278. The van der Waals surface area contributed by atoms with E-state index in [1.54, 1.807) is 37.6 Å². The van der Waals surface area contributed by atoms with Gasteiger partial charge in [-0.2, -0.15) is 5.10 Å². The first-order valence-corrected chi connectivity index (χ1v) is 15.4. The van der Waals surface area contributed by atoms with Crippen LogP contribution in [0, 0.1) is 6.65 Å². The van der Waals surface area contributed by atoms with Crippen LogP contribution in [-0.2, 0) is 36.8 Å². The Hall–Kier alpha value is -4.61. The van der Waals surface area contributed by atoms with Gasteiger partial charge in [0.25, 0.3) is 0 Å². The minimum absolute atomic E-state index is 0. The van der Waals surface area contributed by atoms with Gasteiger partial charge >= 0.3 is 30.8 Å². The first-order chi connectivity index (χ1) is 22.2. The van der Waals surface area contributed by atoms with Crippen LogP contribution < -0.4 is 21.3 Å². The summed E-state index contributed by atoms with van der Waals surface area (Å²) < 4.78 is 7.50. The van der Waals surface area contributed by atoms with Gasteiger partial charge < -0.3 is 17.7 Å². The maximum atomic E-state index is 9.69. The average molecular weight is 730 g/mol. The number of hydrogen-bond donors (Lipinski definition) is 2. The second-order valence-corrected chi connectivity index (χ2v) is 11.5. The van der Waals surface area contributed by atoms with Crippen LogP contribution in [0.15, 0.2) is 162 Å². The van der Waals surface area contributed by atoms with Gasteiger partial charge in [-0.25, -0.2) is 4.98 Å². The minimum atomic E-state index is -0.446. The normalized spacial score (nSPS) is 10.2. The number of fused-ring (bicyclic) bond motifs is 1.